The van der Waals surface area contributed by atoms with Crippen LogP contribution in [0.25, 0.3) is 11.1 Å². The van der Waals surface area contributed by atoms with Crippen LogP contribution in [0.2, 0.25) is 5.02 Å². The van der Waals surface area contributed by atoms with Crippen molar-refractivity contribution in [2.24, 2.45) is 0 Å². The van der Waals surface area contributed by atoms with Gasteiger partial charge in [0.25, 0.3) is 0 Å². The summed E-state index contributed by atoms with van der Waals surface area (Å²) in [6, 6.07) is 14.4. The lowest BCUT2D eigenvalue weighted by Crippen LogP contribution is -2.39. The second-order valence-corrected chi connectivity index (χ2v) is 8.59. The summed E-state index contributed by atoms with van der Waals surface area (Å²) in [5, 5.41) is -0.0383. The SMILES string of the molecule is C=CC1(Cc2cc(F)cc(F)c2)C(=O)N(c2ncccn2)c2ccc(-c3ccc(F)c(Cl)c3)cc21. The normalized spacial score (nSPS) is 16.9. The Morgan fingerprint density at radius 3 is 2.26 bits per heavy atom. The van der Waals surface area contributed by atoms with Crippen molar-refractivity contribution in [2.45, 2.75) is 11.8 Å². The molecule has 1 unspecified atom stereocenters. The number of anilines is 2. The van der Waals surface area contributed by atoms with Gasteiger partial charge in [-0.05, 0) is 71.1 Å². The van der Waals surface area contributed by atoms with E-state index in [1.54, 1.807) is 30.3 Å². The minimum absolute atomic E-state index is 0.0383. The van der Waals surface area contributed by atoms with Gasteiger partial charge in [0, 0.05) is 18.5 Å². The highest BCUT2D eigenvalue weighted by molar-refractivity contribution is 6.31. The standard InChI is InChI=1S/C27H17ClF3N3O/c1-2-27(15-16-10-19(29)14-20(30)11-16)21-12-17(18-4-6-23(31)22(28)13-18)5-7-24(21)34(25(27)35)26-32-8-3-9-33-26/h2-14H,1,15H2. The molecule has 1 amide bonds. The molecule has 1 atom stereocenters. The summed E-state index contributed by atoms with van der Waals surface area (Å²) in [7, 11) is 0. The smallest absolute Gasteiger partial charge is 0.248 e. The summed E-state index contributed by atoms with van der Waals surface area (Å²) in [5.41, 5.74) is 1.28. The molecule has 174 valence electrons. The summed E-state index contributed by atoms with van der Waals surface area (Å²) >= 11 is 5.99. The Kier molecular flexibility index (Phi) is 5.65. The monoisotopic (exact) mass is 491 g/mol. The van der Waals surface area contributed by atoms with Crippen LogP contribution >= 0.6 is 11.6 Å². The molecule has 0 saturated heterocycles. The molecule has 3 aromatic carbocycles. The third-order valence-electron chi connectivity index (χ3n) is 6.06. The lowest BCUT2D eigenvalue weighted by molar-refractivity contribution is -0.121. The van der Waals surface area contributed by atoms with E-state index in [-0.39, 0.29) is 23.0 Å². The molecule has 1 aliphatic rings. The minimum Gasteiger partial charge on any atom is -0.273 e. The number of aromatic nitrogens is 2. The second kappa shape index (κ2) is 8.67. The molecule has 8 heteroatoms. The van der Waals surface area contributed by atoms with E-state index in [0.717, 1.165) is 6.07 Å². The number of hydrogen-bond acceptors (Lipinski definition) is 3. The first-order chi connectivity index (χ1) is 16.8. The zero-order valence-corrected chi connectivity index (χ0v) is 18.9. The van der Waals surface area contributed by atoms with Crippen molar-refractivity contribution in [3.8, 4) is 11.1 Å². The van der Waals surface area contributed by atoms with Gasteiger partial charge in [0.1, 0.15) is 17.5 Å². The van der Waals surface area contributed by atoms with Crippen LogP contribution < -0.4 is 4.90 Å². The highest BCUT2D eigenvalue weighted by Gasteiger charge is 2.50. The van der Waals surface area contributed by atoms with Crippen LogP contribution in [-0.2, 0) is 16.6 Å². The number of benzene rings is 3. The highest BCUT2D eigenvalue weighted by atomic mass is 35.5. The van der Waals surface area contributed by atoms with E-state index in [1.165, 1.54) is 47.6 Å². The van der Waals surface area contributed by atoms with Crippen LogP contribution in [0.5, 0.6) is 0 Å². The van der Waals surface area contributed by atoms with Crippen molar-refractivity contribution < 1.29 is 18.0 Å². The minimum atomic E-state index is -1.37. The summed E-state index contributed by atoms with van der Waals surface area (Å²) in [5.74, 6) is -2.29. The van der Waals surface area contributed by atoms with E-state index < -0.39 is 28.8 Å². The van der Waals surface area contributed by atoms with E-state index >= 15 is 0 Å². The van der Waals surface area contributed by atoms with Gasteiger partial charge in [-0.3, -0.25) is 4.79 Å². The zero-order valence-electron chi connectivity index (χ0n) is 18.2. The molecular formula is C27H17ClF3N3O. The van der Waals surface area contributed by atoms with Gasteiger partial charge in [0.2, 0.25) is 11.9 Å². The maximum absolute atomic E-state index is 14.0. The summed E-state index contributed by atoms with van der Waals surface area (Å²) in [6.45, 7) is 3.91. The van der Waals surface area contributed by atoms with E-state index in [0.29, 0.717) is 22.4 Å². The average molecular weight is 492 g/mol. The largest absolute Gasteiger partial charge is 0.273 e. The van der Waals surface area contributed by atoms with Gasteiger partial charge >= 0.3 is 0 Å². The zero-order chi connectivity index (χ0) is 24.7. The fourth-order valence-corrected chi connectivity index (χ4v) is 4.63. The van der Waals surface area contributed by atoms with E-state index in [1.807, 2.05) is 0 Å². The lowest BCUT2D eigenvalue weighted by Gasteiger charge is -2.25. The number of halogens is 4. The van der Waals surface area contributed by atoms with Crippen LogP contribution in [0.15, 0.2) is 85.7 Å². The number of rotatable bonds is 5. The number of carbonyl (C=O) groups is 1. The third-order valence-corrected chi connectivity index (χ3v) is 6.35. The number of amides is 1. The van der Waals surface area contributed by atoms with Crippen molar-refractivity contribution in [1.82, 2.24) is 9.97 Å². The molecule has 4 nitrogen and oxygen atoms in total. The predicted octanol–water partition coefficient (Wildman–Crippen LogP) is 6.56. The van der Waals surface area contributed by atoms with E-state index in [9.17, 15) is 18.0 Å². The Balaban J connectivity index is 1.72. The molecule has 35 heavy (non-hydrogen) atoms. The molecule has 0 spiro atoms. The molecule has 0 bridgehead atoms. The number of hydrogen-bond donors (Lipinski definition) is 0. The summed E-state index contributed by atoms with van der Waals surface area (Å²) in [6.07, 6.45) is 4.45. The Hall–Kier alpha value is -3.97. The van der Waals surface area contributed by atoms with Crippen LogP contribution in [0.3, 0.4) is 0 Å². The first-order valence-corrected chi connectivity index (χ1v) is 11.0. The van der Waals surface area contributed by atoms with Gasteiger partial charge in [-0.1, -0.05) is 29.8 Å². The van der Waals surface area contributed by atoms with Crippen molar-refractivity contribution in [1.29, 1.82) is 0 Å². The Labute approximate surface area is 204 Å². The molecule has 2 heterocycles. The molecule has 0 fully saturated rings. The van der Waals surface area contributed by atoms with Gasteiger partial charge in [-0.2, -0.15) is 0 Å². The van der Waals surface area contributed by atoms with Crippen molar-refractivity contribution >= 4 is 29.1 Å². The molecule has 0 aliphatic carbocycles. The van der Waals surface area contributed by atoms with Gasteiger partial charge < -0.3 is 0 Å². The quantitative estimate of drug-likeness (QED) is 0.297. The molecule has 4 aromatic rings. The van der Waals surface area contributed by atoms with Crippen molar-refractivity contribution in [2.75, 3.05) is 4.90 Å². The summed E-state index contributed by atoms with van der Waals surface area (Å²) < 4.78 is 41.7. The van der Waals surface area contributed by atoms with Crippen LogP contribution in [-0.4, -0.2) is 15.9 Å². The molecule has 0 N–H and O–H groups in total. The Bertz CT molecular complexity index is 1460. The fourth-order valence-electron chi connectivity index (χ4n) is 4.45. The Morgan fingerprint density at radius 2 is 1.60 bits per heavy atom. The predicted molar refractivity (Wildman–Crippen MR) is 128 cm³/mol. The maximum Gasteiger partial charge on any atom is 0.248 e. The molecule has 1 aromatic heterocycles. The first-order valence-electron chi connectivity index (χ1n) is 10.6. The molecule has 5 rings (SSSR count). The lowest BCUT2D eigenvalue weighted by atomic mass is 9.76. The maximum atomic E-state index is 14.0. The molecule has 1 aliphatic heterocycles. The number of nitrogens with zero attached hydrogens (tertiary/aromatic N) is 3. The van der Waals surface area contributed by atoms with E-state index in [2.05, 4.69) is 16.5 Å². The second-order valence-electron chi connectivity index (χ2n) is 8.18. The molecule has 0 saturated carbocycles. The number of carbonyl (C=O) groups excluding carboxylic acids is 1. The van der Waals surface area contributed by atoms with Crippen LogP contribution in [0.1, 0.15) is 11.1 Å². The first kappa shape index (κ1) is 22.8. The average Bonchev–Trinajstić information content (AvgIpc) is 3.08. The number of fused-ring (bicyclic) bond motifs is 1. The highest BCUT2D eigenvalue weighted by Crippen LogP contribution is 2.48. The van der Waals surface area contributed by atoms with Gasteiger partial charge in [0.15, 0.2) is 0 Å². The molecular weight excluding hydrogens is 475 g/mol. The van der Waals surface area contributed by atoms with Gasteiger partial charge in [-0.15, -0.1) is 6.58 Å². The van der Waals surface area contributed by atoms with Gasteiger partial charge in [0.05, 0.1) is 16.1 Å². The Morgan fingerprint density at radius 1 is 0.943 bits per heavy atom. The van der Waals surface area contributed by atoms with E-state index in [4.69, 9.17) is 11.6 Å². The van der Waals surface area contributed by atoms with Crippen LogP contribution in [0, 0.1) is 17.5 Å². The van der Waals surface area contributed by atoms with Crippen molar-refractivity contribution in [3.63, 3.8) is 0 Å². The van der Waals surface area contributed by atoms with Crippen molar-refractivity contribution in [3.05, 3.63) is 119 Å². The fraction of sp³-hybridized carbons (Fsp3) is 0.0741. The molecule has 0 radical (unpaired) electrons. The van der Waals surface area contributed by atoms with Gasteiger partial charge in [-0.25, -0.2) is 28.0 Å². The van der Waals surface area contributed by atoms with Crippen LogP contribution in [0.4, 0.5) is 24.8 Å². The topological polar surface area (TPSA) is 46.1 Å². The summed E-state index contributed by atoms with van der Waals surface area (Å²) in [4.78, 5) is 23.8. The third kappa shape index (κ3) is 3.88.